The van der Waals surface area contributed by atoms with Crippen molar-refractivity contribution in [3.05, 3.63) is 39.7 Å². The lowest BCUT2D eigenvalue weighted by molar-refractivity contribution is 0.0695. The van der Waals surface area contributed by atoms with Gasteiger partial charge in [-0.25, -0.2) is 4.79 Å². The standard InChI is InChI=1S/C12H9NO4/c14-11-7-3-6-1-2-17-10(6)4-9(7)13-5-8(11)12(15)16/h3-5H,1-2H2,(H,13,14)(H,15,16). The molecule has 0 bridgehead atoms. The van der Waals surface area contributed by atoms with Crippen LogP contribution in [0.5, 0.6) is 5.75 Å². The van der Waals surface area contributed by atoms with Crippen LogP contribution in [-0.4, -0.2) is 22.7 Å². The molecule has 0 fully saturated rings. The van der Waals surface area contributed by atoms with Gasteiger partial charge in [-0.3, -0.25) is 4.79 Å². The number of carboxylic acids is 1. The Morgan fingerprint density at radius 3 is 3.00 bits per heavy atom. The monoisotopic (exact) mass is 231 g/mol. The first-order valence-corrected chi connectivity index (χ1v) is 5.21. The Bertz CT molecular complexity index is 687. The Labute approximate surface area is 95.7 Å². The maximum absolute atomic E-state index is 11.9. The molecule has 5 heteroatoms. The second-order valence-corrected chi connectivity index (χ2v) is 3.94. The highest BCUT2D eigenvalue weighted by Gasteiger charge is 2.17. The molecule has 0 amide bonds. The molecule has 1 aromatic carbocycles. The van der Waals surface area contributed by atoms with Crippen LogP contribution in [0, 0.1) is 0 Å². The number of hydrogen-bond acceptors (Lipinski definition) is 3. The number of hydrogen-bond donors (Lipinski definition) is 2. The van der Waals surface area contributed by atoms with E-state index in [4.69, 9.17) is 9.84 Å². The molecule has 0 saturated carbocycles. The summed E-state index contributed by atoms with van der Waals surface area (Å²) in [6.07, 6.45) is 1.97. The van der Waals surface area contributed by atoms with Crippen molar-refractivity contribution in [2.75, 3.05) is 6.61 Å². The molecule has 0 saturated heterocycles. The first kappa shape index (κ1) is 9.89. The number of aromatic carboxylic acids is 1. The number of aromatic nitrogens is 1. The van der Waals surface area contributed by atoms with E-state index in [0.29, 0.717) is 17.5 Å². The minimum atomic E-state index is -1.22. The maximum atomic E-state index is 11.9. The van der Waals surface area contributed by atoms with E-state index in [0.717, 1.165) is 17.7 Å². The van der Waals surface area contributed by atoms with Gasteiger partial charge in [0.05, 0.1) is 12.1 Å². The fraction of sp³-hybridized carbons (Fsp3) is 0.167. The summed E-state index contributed by atoms with van der Waals surface area (Å²) in [6, 6.07) is 3.45. The van der Waals surface area contributed by atoms with Crippen molar-refractivity contribution >= 4 is 16.9 Å². The van der Waals surface area contributed by atoms with Crippen LogP contribution in [0.2, 0.25) is 0 Å². The van der Waals surface area contributed by atoms with E-state index in [1.807, 2.05) is 0 Å². The number of ether oxygens (including phenoxy) is 1. The number of pyridine rings is 1. The number of carboxylic acid groups (broad SMARTS) is 1. The molecule has 0 radical (unpaired) electrons. The maximum Gasteiger partial charge on any atom is 0.341 e. The van der Waals surface area contributed by atoms with Crippen LogP contribution in [0.4, 0.5) is 0 Å². The number of carbonyl (C=O) groups is 1. The van der Waals surface area contributed by atoms with Crippen molar-refractivity contribution in [2.24, 2.45) is 0 Å². The second kappa shape index (κ2) is 3.35. The quantitative estimate of drug-likeness (QED) is 0.771. The van der Waals surface area contributed by atoms with Crippen molar-refractivity contribution in [3.8, 4) is 5.75 Å². The van der Waals surface area contributed by atoms with E-state index in [2.05, 4.69) is 4.98 Å². The normalized spacial score (nSPS) is 13.4. The Morgan fingerprint density at radius 2 is 2.24 bits per heavy atom. The fourth-order valence-corrected chi connectivity index (χ4v) is 2.05. The molecule has 5 nitrogen and oxygen atoms in total. The molecule has 17 heavy (non-hydrogen) atoms. The van der Waals surface area contributed by atoms with Gasteiger partial charge >= 0.3 is 5.97 Å². The summed E-state index contributed by atoms with van der Waals surface area (Å²) < 4.78 is 5.39. The molecule has 0 aliphatic carbocycles. The molecule has 0 spiro atoms. The van der Waals surface area contributed by atoms with Crippen LogP contribution in [0.1, 0.15) is 15.9 Å². The Kier molecular flexibility index (Phi) is 1.95. The zero-order valence-corrected chi connectivity index (χ0v) is 8.82. The third kappa shape index (κ3) is 1.39. The highest BCUT2D eigenvalue weighted by atomic mass is 16.5. The minimum Gasteiger partial charge on any atom is -0.493 e. The van der Waals surface area contributed by atoms with Crippen LogP contribution in [0.15, 0.2) is 23.1 Å². The molecular weight excluding hydrogens is 222 g/mol. The first-order chi connectivity index (χ1) is 8.16. The number of H-pyrrole nitrogens is 1. The van der Waals surface area contributed by atoms with Gasteiger partial charge in [0, 0.05) is 24.1 Å². The summed E-state index contributed by atoms with van der Waals surface area (Å²) in [4.78, 5) is 25.6. The van der Waals surface area contributed by atoms with Crippen molar-refractivity contribution in [1.29, 1.82) is 0 Å². The molecule has 3 rings (SSSR count). The van der Waals surface area contributed by atoms with Crippen LogP contribution in [-0.2, 0) is 6.42 Å². The summed E-state index contributed by atoms with van der Waals surface area (Å²) in [6.45, 7) is 0.603. The lowest BCUT2D eigenvalue weighted by Crippen LogP contribution is -2.15. The Hall–Kier alpha value is -2.30. The third-order valence-electron chi connectivity index (χ3n) is 2.92. The van der Waals surface area contributed by atoms with Gasteiger partial charge in [-0.2, -0.15) is 0 Å². The van der Waals surface area contributed by atoms with Gasteiger partial charge in [0.15, 0.2) is 0 Å². The average Bonchev–Trinajstić information content (AvgIpc) is 2.73. The molecule has 2 N–H and O–H groups in total. The minimum absolute atomic E-state index is 0.239. The largest absolute Gasteiger partial charge is 0.493 e. The Morgan fingerprint density at radius 1 is 1.41 bits per heavy atom. The smallest absolute Gasteiger partial charge is 0.341 e. The van der Waals surface area contributed by atoms with Crippen LogP contribution in [0.25, 0.3) is 10.9 Å². The van der Waals surface area contributed by atoms with E-state index in [1.165, 1.54) is 6.20 Å². The average molecular weight is 231 g/mol. The van der Waals surface area contributed by atoms with Crippen LogP contribution in [0.3, 0.4) is 0 Å². The molecule has 1 aliphatic rings. The first-order valence-electron chi connectivity index (χ1n) is 5.21. The van der Waals surface area contributed by atoms with Crippen molar-refractivity contribution in [3.63, 3.8) is 0 Å². The van der Waals surface area contributed by atoms with Crippen LogP contribution < -0.4 is 10.2 Å². The number of nitrogens with one attached hydrogen (secondary N) is 1. The van der Waals surface area contributed by atoms with Gasteiger partial charge in [0.2, 0.25) is 5.43 Å². The van der Waals surface area contributed by atoms with Crippen molar-refractivity contribution in [1.82, 2.24) is 4.98 Å². The van der Waals surface area contributed by atoms with Gasteiger partial charge in [-0.05, 0) is 11.6 Å². The van der Waals surface area contributed by atoms with E-state index in [-0.39, 0.29) is 5.56 Å². The topological polar surface area (TPSA) is 79.4 Å². The van der Waals surface area contributed by atoms with E-state index in [9.17, 15) is 9.59 Å². The summed E-state index contributed by atoms with van der Waals surface area (Å²) in [7, 11) is 0. The number of aromatic amines is 1. The summed E-state index contributed by atoms with van der Waals surface area (Å²) in [5.41, 5.74) is 0.850. The highest BCUT2D eigenvalue weighted by molar-refractivity contribution is 5.92. The van der Waals surface area contributed by atoms with Crippen molar-refractivity contribution in [2.45, 2.75) is 6.42 Å². The zero-order chi connectivity index (χ0) is 12.0. The van der Waals surface area contributed by atoms with Gasteiger partial charge < -0.3 is 14.8 Å². The van der Waals surface area contributed by atoms with E-state index < -0.39 is 11.4 Å². The predicted molar refractivity (Wildman–Crippen MR) is 60.7 cm³/mol. The molecular formula is C12H9NO4. The lowest BCUT2D eigenvalue weighted by Gasteiger charge is -2.03. The molecule has 2 aromatic rings. The molecule has 0 atom stereocenters. The number of rotatable bonds is 1. The fourth-order valence-electron chi connectivity index (χ4n) is 2.05. The summed E-state index contributed by atoms with van der Waals surface area (Å²) in [5.74, 6) is -0.457. The number of fused-ring (bicyclic) bond motifs is 2. The third-order valence-corrected chi connectivity index (χ3v) is 2.92. The molecule has 1 aliphatic heterocycles. The van der Waals surface area contributed by atoms with Gasteiger partial charge in [0.1, 0.15) is 11.3 Å². The van der Waals surface area contributed by atoms with Crippen LogP contribution >= 0.6 is 0 Å². The van der Waals surface area contributed by atoms with Gasteiger partial charge in [-0.15, -0.1) is 0 Å². The molecule has 1 aromatic heterocycles. The number of benzene rings is 1. The summed E-state index contributed by atoms with van der Waals surface area (Å²) >= 11 is 0. The van der Waals surface area contributed by atoms with Gasteiger partial charge in [0.25, 0.3) is 0 Å². The Balaban J connectivity index is 2.37. The molecule has 86 valence electrons. The van der Waals surface area contributed by atoms with Crippen molar-refractivity contribution < 1.29 is 14.6 Å². The second-order valence-electron chi connectivity index (χ2n) is 3.94. The van der Waals surface area contributed by atoms with Gasteiger partial charge in [-0.1, -0.05) is 0 Å². The predicted octanol–water partition coefficient (Wildman–Crippen LogP) is 1.16. The zero-order valence-electron chi connectivity index (χ0n) is 8.82. The van der Waals surface area contributed by atoms with E-state index >= 15 is 0 Å². The highest BCUT2D eigenvalue weighted by Crippen LogP contribution is 2.28. The summed E-state index contributed by atoms with van der Waals surface area (Å²) in [5, 5.41) is 9.27. The lowest BCUT2D eigenvalue weighted by atomic mass is 10.1. The molecule has 2 heterocycles. The molecule has 0 unspecified atom stereocenters. The van der Waals surface area contributed by atoms with E-state index in [1.54, 1.807) is 12.1 Å². The SMILES string of the molecule is O=C(O)c1c[nH]c2cc3c(cc2c1=O)CCO3.